The molecule has 0 saturated carbocycles. The summed E-state index contributed by atoms with van der Waals surface area (Å²) in [6, 6.07) is 19.8. The summed E-state index contributed by atoms with van der Waals surface area (Å²) in [5.41, 5.74) is 13.8. The van der Waals surface area contributed by atoms with Gasteiger partial charge in [0.1, 0.15) is 6.04 Å². The standard InChI is InChI=1S/C24H21N5O3S/c25-13-14-5-4-8-17(11-14)22(31)28-20(15-6-2-1-3-7-15)23(32)29-24-27-18-10-9-16(21(26)30)12-19(18)33-24/h1-12,20H,13,25H2,(H2,26,30)(H,28,31)(H,27,29,32). The molecule has 0 aliphatic rings. The summed E-state index contributed by atoms with van der Waals surface area (Å²) in [5.74, 6) is -1.38. The van der Waals surface area contributed by atoms with Gasteiger partial charge in [0.25, 0.3) is 11.8 Å². The maximum Gasteiger partial charge on any atom is 0.253 e. The van der Waals surface area contributed by atoms with Crippen LogP contribution in [0, 0.1) is 0 Å². The van der Waals surface area contributed by atoms with E-state index in [0.717, 1.165) is 5.56 Å². The number of thiazole rings is 1. The van der Waals surface area contributed by atoms with Crippen molar-refractivity contribution in [2.24, 2.45) is 11.5 Å². The Balaban J connectivity index is 1.59. The molecule has 9 heteroatoms. The van der Waals surface area contributed by atoms with Crippen LogP contribution in [0.25, 0.3) is 10.2 Å². The Bertz CT molecular complexity index is 1340. The molecule has 33 heavy (non-hydrogen) atoms. The van der Waals surface area contributed by atoms with Gasteiger partial charge in [-0.2, -0.15) is 0 Å². The van der Waals surface area contributed by atoms with E-state index < -0.39 is 23.8 Å². The van der Waals surface area contributed by atoms with Gasteiger partial charge in [-0.3, -0.25) is 19.7 Å². The number of carbonyl (C=O) groups excluding carboxylic acids is 3. The molecule has 3 aromatic carbocycles. The lowest BCUT2D eigenvalue weighted by atomic mass is 10.0. The van der Waals surface area contributed by atoms with Crippen LogP contribution in [0.2, 0.25) is 0 Å². The molecule has 0 bridgehead atoms. The maximum absolute atomic E-state index is 13.2. The molecule has 0 saturated heterocycles. The second kappa shape index (κ2) is 9.60. The normalized spacial score (nSPS) is 11.7. The van der Waals surface area contributed by atoms with Gasteiger partial charge >= 0.3 is 0 Å². The summed E-state index contributed by atoms with van der Waals surface area (Å²) in [6.07, 6.45) is 0. The zero-order valence-electron chi connectivity index (χ0n) is 17.4. The summed E-state index contributed by atoms with van der Waals surface area (Å²) < 4.78 is 0.709. The Labute approximate surface area is 193 Å². The number of fused-ring (bicyclic) bond motifs is 1. The van der Waals surface area contributed by atoms with Crippen LogP contribution in [-0.2, 0) is 11.3 Å². The third-order valence-corrected chi connectivity index (χ3v) is 5.93. The summed E-state index contributed by atoms with van der Waals surface area (Å²) >= 11 is 1.21. The second-order valence-corrected chi connectivity index (χ2v) is 8.31. The molecular weight excluding hydrogens is 438 g/mol. The average molecular weight is 460 g/mol. The van der Waals surface area contributed by atoms with E-state index in [-0.39, 0.29) is 0 Å². The van der Waals surface area contributed by atoms with Crippen molar-refractivity contribution in [3.05, 3.63) is 95.1 Å². The minimum absolute atomic E-state index is 0.304. The summed E-state index contributed by atoms with van der Waals surface area (Å²) in [6.45, 7) is 0.304. The van der Waals surface area contributed by atoms with E-state index in [2.05, 4.69) is 15.6 Å². The molecule has 166 valence electrons. The molecule has 4 aromatic rings. The molecule has 4 rings (SSSR count). The fraction of sp³-hybridized carbons (Fsp3) is 0.0833. The topological polar surface area (TPSA) is 140 Å². The molecule has 0 aliphatic heterocycles. The molecule has 6 N–H and O–H groups in total. The number of benzene rings is 3. The number of aromatic nitrogens is 1. The minimum Gasteiger partial charge on any atom is -0.366 e. The number of primary amides is 1. The van der Waals surface area contributed by atoms with Gasteiger partial charge in [-0.15, -0.1) is 0 Å². The van der Waals surface area contributed by atoms with Gasteiger partial charge in [0, 0.05) is 17.7 Å². The van der Waals surface area contributed by atoms with Crippen molar-refractivity contribution in [3.63, 3.8) is 0 Å². The van der Waals surface area contributed by atoms with E-state index in [1.807, 2.05) is 12.1 Å². The lowest BCUT2D eigenvalue weighted by Gasteiger charge is -2.18. The number of nitrogens with one attached hydrogen (secondary N) is 2. The van der Waals surface area contributed by atoms with Crippen LogP contribution in [0.5, 0.6) is 0 Å². The van der Waals surface area contributed by atoms with Gasteiger partial charge in [0.2, 0.25) is 5.91 Å². The molecule has 8 nitrogen and oxygen atoms in total. The smallest absolute Gasteiger partial charge is 0.253 e. The summed E-state index contributed by atoms with van der Waals surface area (Å²) in [4.78, 5) is 41.9. The van der Waals surface area contributed by atoms with Gasteiger partial charge in [0.05, 0.1) is 10.2 Å². The Kier molecular flexibility index (Phi) is 6.43. The van der Waals surface area contributed by atoms with Crippen molar-refractivity contribution in [1.29, 1.82) is 0 Å². The van der Waals surface area contributed by atoms with E-state index in [0.29, 0.717) is 38.6 Å². The number of hydrogen-bond acceptors (Lipinski definition) is 6. The first-order valence-electron chi connectivity index (χ1n) is 10.1. The largest absolute Gasteiger partial charge is 0.366 e. The highest BCUT2D eigenvalue weighted by Gasteiger charge is 2.24. The fourth-order valence-electron chi connectivity index (χ4n) is 3.31. The number of nitrogens with zero attached hydrogens (tertiary/aromatic N) is 1. The highest BCUT2D eigenvalue weighted by atomic mass is 32.1. The molecule has 1 atom stereocenters. The van der Waals surface area contributed by atoms with E-state index in [9.17, 15) is 14.4 Å². The summed E-state index contributed by atoms with van der Waals surface area (Å²) in [5, 5.41) is 5.92. The number of carbonyl (C=O) groups is 3. The molecule has 1 heterocycles. The first-order chi connectivity index (χ1) is 15.9. The van der Waals surface area contributed by atoms with Crippen LogP contribution in [0.3, 0.4) is 0 Å². The van der Waals surface area contributed by atoms with E-state index >= 15 is 0 Å². The quantitative estimate of drug-likeness (QED) is 0.336. The van der Waals surface area contributed by atoms with Crippen LogP contribution < -0.4 is 22.1 Å². The lowest BCUT2D eigenvalue weighted by Crippen LogP contribution is -2.37. The highest BCUT2D eigenvalue weighted by molar-refractivity contribution is 7.22. The Morgan fingerprint density at radius 1 is 0.939 bits per heavy atom. The molecule has 0 aliphatic carbocycles. The van der Waals surface area contributed by atoms with Crippen molar-refractivity contribution < 1.29 is 14.4 Å². The zero-order valence-corrected chi connectivity index (χ0v) is 18.3. The molecular formula is C24H21N5O3S. The second-order valence-electron chi connectivity index (χ2n) is 7.28. The van der Waals surface area contributed by atoms with Gasteiger partial charge in [-0.25, -0.2) is 4.98 Å². The fourth-order valence-corrected chi connectivity index (χ4v) is 4.22. The number of rotatable bonds is 7. The SMILES string of the molecule is NCc1cccc(C(=O)NC(C(=O)Nc2nc3ccc(C(N)=O)cc3s2)c2ccccc2)c1. The number of amides is 3. The molecule has 1 aromatic heterocycles. The van der Waals surface area contributed by atoms with Crippen molar-refractivity contribution in [3.8, 4) is 0 Å². The Morgan fingerprint density at radius 2 is 1.73 bits per heavy atom. The molecule has 3 amide bonds. The highest BCUT2D eigenvalue weighted by Crippen LogP contribution is 2.28. The predicted octanol–water partition coefficient (Wildman–Crippen LogP) is 2.96. The Morgan fingerprint density at radius 3 is 2.45 bits per heavy atom. The number of hydrogen-bond donors (Lipinski definition) is 4. The van der Waals surface area contributed by atoms with Crippen molar-refractivity contribution in [2.75, 3.05) is 5.32 Å². The Hall–Kier alpha value is -4.08. The maximum atomic E-state index is 13.2. The number of anilines is 1. The van der Waals surface area contributed by atoms with E-state index in [1.165, 1.54) is 11.3 Å². The van der Waals surface area contributed by atoms with E-state index in [4.69, 9.17) is 11.5 Å². The minimum atomic E-state index is -0.951. The summed E-state index contributed by atoms with van der Waals surface area (Å²) in [7, 11) is 0. The van der Waals surface area contributed by atoms with Gasteiger partial charge in [-0.05, 0) is 41.5 Å². The number of nitrogens with two attached hydrogens (primary N) is 2. The average Bonchev–Trinajstić information content (AvgIpc) is 3.24. The van der Waals surface area contributed by atoms with Gasteiger partial charge < -0.3 is 16.8 Å². The molecule has 1 unspecified atom stereocenters. The molecule has 0 fully saturated rings. The third kappa shape index (κ3) is 5.05. The van der Waals surface area contributed by atoms with Crippen LogP contribution in [0.4, 0.5) is 5.13 Å². The first kappa shape index (κ1) is 22.1. The molecule has 0 radical (unpaired) electrons. The molecule has 0 spiro atoms. The predicted molar refractivity (Wildman–Crippen MR) is 128 cm³/mol. The first-order valence-corrected chi connectivity index (χ1v) is 10.9. The monoisotopic (exact) mass is 459 g/mol. The van der Waals surface area contributed by atoms with Crippen molar-refractivity contribution in [1.82, 2.24) is 10.3 Å². The van der Waals surface area contributed by atoms with Crippen LogP contribution in [0.15, 0.2) is 72.8 Å². The zero-order chi connectivity index (χ0) is 23.4. The third-order valence-electron chi connectivity index (χ3n) is 5.00. The lowest BCUT2D eigenvalue weighted by molar-refractivity contribution is -0.118. The van der Waals surface area contributed by atoms with E-state index in [1.54, 1.807) is 60.7 Å². The van der Waals surface area contributed by atoms with Crippen LogP contribution in [-0.4, -0.2) is 22.7 Å². The van der Waals surface area contributed by atoms with Crippen molar-refractivity contribution >= 4 is 44.4 Å². The van der Waals surface area contributed by atoms with Crippen molar-refractivity contribution in [2.45, 2.75) is 12.6 Å². The van der Waals surface area contributed by atoms with Crippen LogP contribution >= 0.6 is 11.3 Å². The van der Waals surface area contributed by atoms with Gasteiger partial charge in [-0.1, -0.05) is 53.8 Å². The van der Waals surface area contributed by atoms with Crippen LogP contribution in [0.1, 0.15) is 37.9 Å². The van der Waals surface area contributed by atoms with Gasteiger partial charge in [0.15, 0.2) is 5.13 Å².